The summed E-state index contributed by atoms with van der Waals surface area (Å²) in [6.07, 6.45) is -9.20. The van der Waals surface area contributed by atoms with Crippen molar-refractivity contribution in [2.75, 3.05) is 6.54 Å². The van der Waals surface area contributed by atoms with Crippen molar-refractivity contribution >= 4 is 0 Å². The van der Waals surface area contributed by atoms with Gasteiger partial charge in [0.05, 0.1) is 11.1 Å². The Kier molecular flexibility index (Phi) is 7.38. The molecule has 2 aromatic rings. The second-order valence-corrected chi connectivity index (χ2v) is 7.58. The lowest BCUT2D eigenvalue weighted by atomic mass is 9.93. The average molecular weight is 417 g/mol. The number of benzene rings is 2. The van der Waals surface area contributed by atoms with Crippen LogP contribution in [0.4, 0.5) is 26.3 Å². The van der Waals surface area contributed by atoms with Gasteiger partial charge in [0, 0.05) is 12.6 Å². The first kappa shape index (κ1) is 23.3. The zero-order valence-electron chi connectivity index (χ0n) is 16.6. The monoisotopic (exact) mass is 417 g/mol. The third-order valence-corrected chi connectivity index (χ3v) is 4.99. The lowest BCUT2D eigenvalue weighted by Gasteiger charge is -2.28. The molecule has 0 bridgehead atoms. The molecule has 1 unspecified atom stereocenters. The summed E-state index contributed by atoms with van der Waals surface area (Å²) < 4.78 is 78.5. The molecule has 1 nitrogen and oxygen atoms in total. The molecule has 0 saturated heterocycles. The highest BCUT2D eigenvalue weighted by atomic mass is 19.4. The fourth-order valence-electron chi connectivity index (χ4n) is 3.13. The van der Waals surface area contributed by atoms with Crippen molar-refractivity contribution in [1.29, 1.82) is 0 Å². The topological polar surface area (TPSA) is 3.24 Å². The number of alkyl halides is 6. The molecule has 0 aliphatic rings. The van der Waals surface area contributed by atoms with E-state index in [2.05, 4.69) is 4.90 Å². The number of hydrogen-bond acceptors (Lipinski definition) is 1. The highest BCUT2D eigenvalue weighted by molar-refractivity contribution is 5.35. The maximum absolute atomic E-state index is 13.1. The Hall–Kier alpha value is -2.02. The molecule has 2 aromatic carbocycles. The molecule has 0 fully saturated rings. The van der Waals surface area contributed by atoms with Gasteiger partial charge in [-0.1, -0.05) is 37.3 Å². The first-order valence-corrected chi connectivity index (χ1v) is 9.45. The Morgan fingerprint density at radius 2 is 1.31 bits per heavy atom. The highest BCUT2D eigenvalue weighted by Crippen LogP contribution is 2.38. The van der Waals surface area contributed by atoms with Crippen LogP contribution in [0.5, 0.6) is 0 Å². The van der Waals surface area contributed by atoms with E-state index in [0.29, 0.717) is 19.5 Å². The molecular formula is C22H25F6N. The van der Waals surface area contributed by atoms with E-state index in [0.717, 1.165) is 17.7 Å². The van der Waals surface area contributed by atoms with Crippen LogP contribution in [0.25, 0.3) is 0 Å². The molecule has 0 aliphatic heterocycles. The zero-order chi connectivity index (χ0) is 21.8. The fraction of sp³-hybridized carbons (Fsp3) is 0.455. The third kappa shape index (κ3) is 6.77. The SMILES string of the molecule is CC(CCN(Cc1ccccc1)C(C)C)c1cc(C(F)(F)F)cc(C(F)(F)F)c1. The molecule has 7 heteroatoms. The lowest BCUT2D eigenvalue weighted by molar-refractivity contribution is -0.143. The van der Waals surface area contributed by atoms with Crippen molar-refractivity contribution < 1.29 is 26.3 Å². The van der Waals surface area contributed by atoms with E-state index < -0.39 is 29.4 Å². The summed E-state index contributed by atoms with van der Waals surface area (Å²) in [4.78, 5) is 2.16. The van der Waals surface area contributed by atoms with Gasteiger partial charge in [-0.25, -0.2) is 0 Å². The molecule has 0 spiro atoms. The van der Waals surface area contributed by atoms with Crippen LogP contribution in [0.2, 0.25) is 0 Å². The molecule has 0 aliphatic carbocycles. The summed E-state index contributed by atoms with van der Waals surface area (Å²) in [7, 11) is 0. The predicted octanol–water partition coefficient (Wildman–Crippen LogP) is 7.13. The van der Waals surface area contributed by atoms with Crippen LogP contribution in [-0.2, 0) is 18.9 Å². The Balaban J connectivity index is 2.19. The summed E-state index contributed by atoms with van der Waals surface area (Å²) in [6.45, 7) is 6.92. The van der Waals surface area contributed by atoms with Gasteiger partial charge >= 0.3 is 12.4 Å². The van der Waals surface area contributed by atoms with Gasteiger partial charge < -0.3 is 0 Å². The van der Waals surface area contributed by atoms with Crippen molar-refractivity contribution in [3.05, 3.63) is 70.8 Å². The smallest absolute Gasteiger partial charge is 0.297 e. The lowest BCUT2D eigenvalue weighted by Crippen LogP contribution is -2.32. The van der Waals surface area contributed by atoms with E-state index in [1.165, 1.54) is 0 Å². The van der Waals surface area contributed by atoms with E-state index in [1.807, 2.05) is 44.2 Å². The van der Waals surface area contributed by atoms with Crippen molar-refractivity contribution in [1.82, 2.24) is 4.90 Å². The highest BCUT2D eigenvalue weighted by Gasteiger charge is 2.37. The molecule has 0 radical (unpaired) electrons. The van der Waals surface area contributed by atoms with Gasteiger partial charge in [0.15, 0.2) is 0 Å². The molecule has 29 heavy (non-hydrogen) atoms. The van der Waals surface area contributed by atoms with Gasteiger partial charge in [0.25, 0.3) is 0 Å². The van der Waals surface area contributed by atoms with Crippen molar-refractivity contribution in [3.8, 4) is 0 Å². The molecule has 160 valence electrons. The van der Waals surface area contributed by atoms with Crippen molar-refractivity contribution in [3.63, 3.8) is 0 Å². The Labute approximate surface area is 167 Å². The van der Waals surface area contributed by atoms with E-state index in [1.54, 1.807) is 6.92 Å². The van der Waals surface area contributed by atoms with Crippen LogP contribution in [0.3, 0.4) is 0 Å². The molecule has 0 amide bonds. The zero-order valence-corrected chi connectivity index (χ0v) is 16.6. The Bertz CT molecular complexity index is 748. The van der Waals surface area contributed by atoms with Crippen molar-refractivity contribution in [2.24, 2.45) is 0 Å². The predicted molar refractivity (Wildman–Crippen MR) is 101 cm³/mol. The maximum atomic E-state index is 13.1. The number of halogens is 6. The van der Waals surface area contributed by atoms with Crippen LogP contribution in [-0.4, -0.2) is 17.5 Å². The quantitative estimate of drug-likeness (QED) is 0.433. The normalized spacial score (nSPS) is 13.9. The minimum atomic E-state index is -4.83. The number of hydrogen-bond donors (Lipinski definition) is 0. The first-order chi connectivity index (χ1) is 13.4. The van der Waals surface area contributed by atoms with Crippen LogP contribution >= 0.6 is 0 Å². The van der Waals surface area contributed by atoms with Crippen LogP contribution < -0.4 is 0 Å². The summed E-state index contributed by atoms with van der Waals surface area (Å²) in [6, 6.07) is 11.8. The number of rotatable bonds is 7. The van der Waals surface area contributed by atoms with E-state index in [9.17, 15) is 26.3 Å². The van der Waals surface area contributed by atoms with Crippen molar-refractivity contribution in [2.45, 2.75) is 58.0 Å². The van der Waals surface area contributed by atoms with Gasteiger partial charge in [-0.15, -0.1) is 0 Å². The van der Waals surface area contributed by atoms with E-state index >= 15 is 0 Å². The van der Waals surface area contributed by atoms with Gasteiger partial charge in [-0.3, -0.25) is 4.90 Å². The summed E-state index contributed by atoms with van der Waals surface area (Å²) in [5, 5.41) is 0. The summed E-state index contributed by atoms with van der Waals surface area (Å²) in [5.74, 6) is -0.449. The second-order valence-electron chi connectivity index (χ2n) is 7.58. The fourth-order valence-corrected chi connectivity index (χ4v) is 3.13. The molecule has 0 aromatic heterocycles. The Morgan fingerprint density at radius 1 is 0.793 bits per heavy atom. The molecule has 2 rings (SSSR count). The average Bonchev–Trinajstić information content (AvgIpc) is 2.63. The third-order valence-electron chi connectivity index (χ3n) is 4.99. The maximum Gasteiger partial charge on any atom is 0.416 e. The van der Waals surface area contributed by atoms with Gasteiger partial charge in [-0.05, 0) is 62.1 Å². The standard InChI is InChI=1S/C22H25F6N/c1-15(2)29(14-17-7-5-4-6-8-17)10-9-16(3)18-11-19(21(23,24)25)13-20(12-18)22(26,27)28/h4-8,11-13,15-16H,9-10,14H2,1-3H3. The molecule has 0 N–H and O–H groups in total. The van der Waals surface area contributed by atoms with Gasteiger partial charge in [-0.2, -0.15) is 26.3 Å². The molecular weight excluding hydrogens is 392 g/mol. The number of nitrogens with zero attached hydrogens (tertiary/aromatic N) is 1. The van der Waals surface area contributed by atoms with E-state index in [-0.39, 0.29) is 17.7 Å². The summed E-state index contributed by atoms with van der Waals surface area (Å²) >= 11 is 0. The molecule has 0 saturated carbocycles. The van der Waals surface area contributed by atoms with Crippen LogP contribution in [0, 0.1) is 0 Å². The minimum absolute atomic E-state index is 0.0515. The van der Waals surface area contributed by atoms with Crippen LogP contribution in [0.1, 0.15) is 55.4 Å². The first-order valence-electron chi connectivity index (χ1n) is 9.45. The van der Waals surface area contributed by atoms with Gasteiger partial charge in [0.2, 0.25) is 0 Å². The summed E-state index contributed by atoms with van der Waals surface area (Å²) in [5.41, 5.74) is -1.37. The van der Waals surface area contributed by atoms with E-state index in [4.69, 9.17) is 0 Å². The largest absolute Gasteiger partial charge is 0.416 e. The van der Waals surface area contributed by atoms with Gasteiger partial charge in [0.1, 0.15) is 0 Å². The second kappa shape index (κ2) is 9.20. The van der Waals surface area contributed by atoms with Crippen LogP contribution in [0.15, 0.2) is 48.5 Å². The minimum Gasteiger partial charge on any atom is -0.297 e. The Morgan fingerprint density at radius 3 is 1.76 bits per heavy atom. The molecule has 1 atom stereocenters. The molecule has 0 heterocycles.